The average molecular weight is 285 g/mol. The lowest BCUT2D eigenvalue weighted by molar-refractivity contribution is 0.154. The van der Waals surface area contributed by atoms with Gasteiger partial charge in [-0.25, -0.2) is 0 Å². The van der Waals surface area contributed by atoms with E-state index >= 15 is 0 Å². The third-order valence-electron chi connectivity index (χ3n) is 2.98. The molecule has 0 aromatic heterocycles. The Morgan fingerprint density at radius 1 is 1.50 bits per heavy atom. The fraction of sp³-hybridized carbons (Fsp3) is 0.500. The van der Waals surface area contributed by atoms with E-state index in [1.807, 2.05) is 6.07 Å². The third kappa shape index (κ3) is 2.56. The monoisotopic (exact) mass is 284 g/mol. The normalized spacial score (nSPS) is 21.2. The van der Waals surface area contributed by atoms with Crippen LogP contribution in [0.1, 0.15) is 18.4 Å². The molecule has 4 heteroatoms. The van der Waals surface area contributed by atoms with Gasteiger partial charge in [-0.1, -0.05) is 6.07 Å². The van der Waals surface area contributed by atoms with Crippen molar-refractivity contribution in [1.82, 2.24) is 0 Å². The second kappa shape index (κ2) is 5.17. The minimum absolute atomic E-state index is 0.199. The van der Waals surface area contributed by atoms with Crippen molar-refractivity contribution in [3.8, 4) is 0 Å². The van der Waals surface area contributed by atoms with Crippen LogP contribution in [0.3, 0.4) is 0 Å². The Hall–Kier alpha value is -0.580. The van der Waals surface area contributed by atoms with Gasteiger partial charge in [0.15, 0.2) is 0 Å². The quantitative estimate of drug-likeness (QED) is 0.872. The van der Waals surface area contributed by atoms with Gasteiger partial charge >= 0.3 is 0 Å². The second-order valence-electron chi connectivity index (χ2n) is 4.23. The number of nitrogens with zero attached hydrogens (tertiary/aromatic N) is 1. The molecule has 1 aliphatic rings. The number of halogens is 1. The lowest BCUT2D eigenvalue weighted by atomic mass is 10.1. The highest BCUT2D eigenvalue weighted by Crippen LogP contribution is 2.29. The predicted molar refractivity (Wildman–Crippen MR) is 69.5 cm³/mol. The Labute approximate surface area is 104 Å². The molecular weight excluding hydrogens is 268 g/mol. The first-order valence-electron chi connectivity index (χ1n) is 5.62. The third-order valence-corrected chi connectivity index (χ3v) is 3.62. The Morgan fingerprint density at radius 3 is 2.94 bits per heavy atom. The molecule has 1 aromatic rings. The van der Waals surface area contributed by atoms with Crippen LogP contribution >= 0.6 is 15.9 Å². The summed E-state index contributed by atoms with van der Waals surface area (Å²) >= 11 is 3.56. The molecule has 1 unspecified atom stereocenters. The zero-order chi connectivity index (χ0) is 11.5. The van der Waals surface area contributed by atoms with Crippen molar-refractivity contribution >= 4 is 21.6 Å². The Morgan fingerprint density at radius 2 is 2.31 bits per heavy atom. The molecule has 0 amide bonds. The number of hydrogen-bond donors (Lipinski definition) is 2. The maximum absolute atomic E-state index is 9.66. The summed E-state index contributed by atoms with van der Waals surface area (Å²) in [6.45, 7) is 2.29. The summed E-state index contributed by atoms with van der Waals surface area (Å²) in [4.78, 5) is 2.22. The van der Waals surface area contributed by atoms with Crippen molar-refractivity contribution in [3.63, 3.8) is 0 Å². The molecule has 1 heterocycles. The number of nitrogens with two attached hydrogens (primary N) is 1. The molecule has 0 saturated carbocycles. The molecule has 16 heavy (non-hydrogen) atoms. The van der Waals surface area contributed by atoms with E-state index in [9.17, 15) is 5.11 Å². The lowest BCUT2D eigenvalue weighted by Gasteiger charge is -2.32. The molecule has 3 nitrogen and oxygen atoms in total. The average Bonchev–Trinajstić information content (AvgIpc) is 2.28. The van der Waals surface area contributed by atoms with Gasteiger partial charge in [0.05, 0.1) is 11.8 Å². The summed E-state index contributed by atoms with van der Waals surface area (Å²) in [5.41, 5.74) is 7.86. The van der Waals surface area contributed by atoms with Gasteiger partial charge in [0.1, 0.15) is 0 Å². The van der Waals surface area contributed by atoms with Crippen molar-refractivity contribution in [2.45, 2.75) is 25.5 Å². The van der Waals surface area contributed by atoms with E-state index < -0.39 is 0 Å². The van der Waals surface area contributed by atoms with E-state index in [2.05, 4.69) is 33.0 Å². The topological polar surface area (TPSA) is 49.5 Å². The molecular formula is C12H17BrN2O. The van der Waals surface area contributed by atoms with Gasteiger partial charge in [-0.15, -0.1) is 0 Å². The van der Waals surface area contributed by atoms with Gasteiger partial charge in [-0.2, -0.15) is 0 Å². The molecule has 0 aliphatic carbocycles. The molecule has 3 N–H and O–H groups in total. The Balaban J connectivity index is 2.19. The summed E-state index contributed by atoms with van der Waals surface area (Å²) in [7, 11) is 0. The maximum atomic E-state index is 9.66. The van der Waals surface area contributed by atoms with Crippen LogP contribution in [0.4, 0.5) is 5.69 Å². The van der Waals surface area contributed by atoms with Crippen molar-refractivity contribution in [3.05, 3.63) is 28.2 Å². The maximum Gasteiger partial charge on any atom is 0.0715 e. The lowest BCUT2D eigenvalue weighted by Crippen LogP contribution is -2.38. The molecule has 1 aromatic carbocycles. The van der Waals surface area contributed by atoms with Gasteiger partial charge < -0.3 is 15.7 Å². The number of β-amino-alcohol motifs (C(OH)–C–C–N with tert-alkyl or cyclic N) is 1. The first kappa shape index (κ1) is 11.9. The van der Waals surface area contributed by atoms with Crippen LogP contribution in [0.15, 0.2) is 22.7 Å². The number of aliphatic hydroxyl groups excluding tert-OH is 1. The fourth-order valence-corrected chi connectivity index (χ4v) is 2.78. The Kier molecular flexibility index (Phi) is 3.84. The SMILES string of the molecule is NCc1ccc(N2CCCC(O)C2)c(Br)c1. The van der Waals surface area contributed by atoms with Crippen LogP contribution in [-0.4, -0.2) is 24.3 Å². The summed E-state index contributed by atoms with van der Waals surface area (Å²) in [5.74, 6) is 0. The number of aliphatic hydroxyl groups is 1. The van der Waals surface area contributed by atoms with Crippen LogP contribution in [0.25, 0.3) is 0 Å². The number of hydrogen-bond acceptors (Lipinski definition) is 3. The van der Waals surface area contributed by atoms with Crippen LogP contribution in [0, 0.1) is 0 Å². The van der Waals surface area contributed by atoms with E-state index in [-0.39, 0.29) is 6.10 Å². The van der Waals surface area contributed by atoms with E-state index in [1.165, 1.54) is 0 Å². The van der Waals surface area contributed by atoms with Crippen LogP contribution in [-0.2, 0) is 6.54 Å². The number of rotatable bonds is 2. The van der Waals surface area contributed by atoms with Crippen molar-refractivity contribution in [1.29, 1.82) is 0 Å². The van der Waals surface area contributed by atoms with Crippen LogP contribution in [0.5, 0.6) is 0 Å². The molecule has 1 saturated heterocycles. The summed E-state index contributed by atoms with van der Waals surface area (Å²) < 4.78 is 1.06. The van der Waals surface area contributed by atoms with Crippen LogP contribution in [0.2, 0.25) is 0 Å². The molecule has 1 atom stereocenters. The van der Waals surface area contributed by atoms with E-state index in [1.54, 1.807) is 0 Å². The van der Waals surface area contributed by atoms with Crippen LogP contribution < -0.4 is 10.6 Å². The van der Waals surface area contributed by atoms with E-state index in [4.69, 9.17) is 5.73 Å². The molecule has 1 fully saturated rings. The van der Waals surface area contributed by atoms with Gasteiger partial charge in [0.25, 0.3) is 0 Å². The predicted octanol–water partition coefficient (Wildman–Crippen LogP) is 1.87. The molecule has 1 aliphatic heterocycles. The van der Waals surface area contributed by atoms with Gasteiger partial charge in [0.2, 0.25) is 0 Å². The van der Waals surface area contributed by atoms with E-state index in [0.29, 0.717) is 6.54 Å². The Bertz CT molecular complexity index is 370. The number of piperidine rings is 1. The largest absolute Gasteiger partial charge is 0.391 e. The van der Waals surface area contributed by atoms with E-state index in [0.717, 1.165) is 41.7 Å². The highest BCUT2D eigenvalue weighted by Gasteiger charge is 2.19. The molecule has 0 bridgehead atoms. The zero-order valence-corrected chi connectivity index (χ0v) is 10.8. The van der Waals surface area contributed by atoms with Crippen molar-refractivity contribution < 1.29 is 5.11 Å². The minimum atomic E-state index is -0.199. The first-order valence-corrected chi connectivity index (χ1v) is 6.41. The fourth-order valence-electron chi connectivity index (χ4n) is 2.11. The standard InChI is InChI=1S/C12H17BrN2O/c13-11-6-9(7-14)3-4-12(11)15-5-1-2-10(16)8-15/h3-4,6,10,16H,1-2,5,7-8,14H2. The second-order valence-corrected chi connectivity index (χ2v) is 5.09. The number of benzene rings is 1. The van der Waals surface area contributed by atoms with Crippen molar-refractivity contribution in [2.24, 2.45) is 5.73 Å². The molecule has 88 valence electrons. The molecule has 0 radical (unpaired) electrons. The first-order chi connectivity index (χ1) is 7.70. The highest BCUT2D eigenvalue weighted by molar-refractivity contribution is 9.10. The van der Waals surface area contributed by atoms with Gasteiger partial charge in [-0.05, 0) is 46.5 Å². The minimum Gasteiger partial charge on any atom is -0.391 e. The molecule has 0 spiro atoms. The molecule has 2 rings (SSSR count). The summed E-state index contributed by atoms with van der Waals surface area (Å²) in [6.07, 6.45) is 1.76. The van der Waals surface area contributed by atoms with Gasteiger partial charge in [0, 0.05) is 24.1 Å². The number of anilines is 1. The summed E-state index contributed by atoms with van der Waals surface area (Å²) in [5, 5.41) is 9.66. The van der Waals surface area contributed by atoms with Crippen molar-refractivity contribution in [2.75, 3.05) is 18.0 Å². The zero-order valence-electron chi connectivity index (χ0n) is 9.19. The highest BCUT2D eigenvalue weighted by atomic mass is 79.9. The van der Waals surface area contributed by atoms with Gasteiger partial charge in [-0.3, -0.25) is 0 Å². The smallest absolute Gasteiger partial charge is 0.0715 e. The summed E-state index contributed by atoms with van der Waals surface area (Å²) in [6, 6.07) is 6.17.